The second-order valence-corrected chi connectivity index (χ2v) is 8.73. The standard InChI is InChI=1S/C15H27N5OS2/c1-5-19-6-8-20(9-7-19)13(21)12(4)22-15-18-17-14(23-15)16-10-11(2)3/h11-12H,5-10H2,1-4H3,(H,16,17). The van der Waals surface area contributed by atoms with E-state index >= 15 is 0 Å². The number of nitrogens with zero attached hydrogens (tertiary/aromatic N) is 4. The molecule has 0 bridgehead atoms. The number of aromatic nitrogens is 2. The number of piperazine rings is 1. The molecule has 0 saturated carbocycles. The predicted molar refractivity (Wildman–Crippen MR) is 97.2 cm³/mol. The van der Waals surface area contributed by atoms with Crippen LogP contribution in [-0.4, -0.2) is 70.4 Å². The van der Waals surface area contributed by atoms with Gasteiger partial charge in [-0.25, -0.2) is 0 Å². The molecule has 0 aliphatic carbocycles. The third-order valence-electron chi connectivity index (χ3n) is 3.82. The molecule has 1 saturated heterocycles. The van der Waals surface area contributed by atoms with Crippen LogP contribution in [0.2, 0.25) is 0 Å². The first-order valence-electron chi connectivity index (χ1n) is 8.24. The molecule has 1 aliphatic heterocycles. The zero-order valence-corrected chi connectivity index (χ0v) is 16.0. The summed E-state index contributed by atoms with van der Waals surface area (Å²) in [6.45, 7) is 14.0. The molecular weight excluding hydrogens is 330 g/mol. The molecule has 1 aliphatic rings. The number of likely N-dealkylation sites (N-methyl/N-ethyl adjacent to an activating group) is 1. The van der Waals surface area contributed by atoms with E-state index in [1.165, 1.54) is 23.1 Å². The van der Waals surface area contributed by atoms with Crippen molar-refractivity contribution in [2.75, 3.05) is 44.6 Å². The SMILES string of the molecule is CCN1CCN(C(=O)C(C)Sc2nnc(NCC(C)C)s2)CC1. The third kappa shape index (κ3) is 5.61. The van der Waals surface area contributed by atoms with Crippen LogP contribution in [-0.2, 0) is 4.79 Å². The van der Waals surface area contributed by atoms with Gasteiger partial charge in [0.15, 0.2) is 4.34 Å². The van der Waals surface area contributed by atoms with Gasteiger partial charge in [0.25, 0.3) is 0 Å². The highest BCUT2D eigenvalue weighted by Crippen LogP contribution is 2.29. The van der Waals surface area contributed by atoms with Gasteiger partial charge in [-0.05, 0) is 19.4 Å². The first-order valence-corrected chi connectivity index (χ1v) is 9.94. The van der Waals surface area contributed by atoms with Crippen LogP contribution in [0.15, 0.2) is 4.34 Å². The number of thioether (sulfide) groups is 1. The van der Waals surface area contributed by atoms with Crippen LogP contribution in [0.5, 0.6) is 0 Å². The number of hydrogen-bond donors (Lipinski definition) is 1. The molecule has 1 atom stereocenters. The lowest BCUT2D eigenvalue weighted by atomic mass is 10.2. The van der Waals surface area contributed by atoms with E-state index in [-0.39, 0.29) is 11.2 Å². The number of carbonyl (C=O) groups excluding carboxylic acids is 1. The molecule has 0 spiro atoms. The normalized spacial score (nSPS) is 17.5. The highest BCUT2D eigenvalue weighted by atomic mass is 32.2. The van der Waals surface area contributed by atoms with E-state index in [1.807, 2.05) is 11.8 Å². The number of anilines is 1. The Morgan fingerprint density at radius 2 is 1.96 bits per heavy atom. The lowest BCUT2D eigenvalue weighted by Crippen LogP contribution is -2.50. The third-order valence-corrected chi connectivity index (χ3v) is 5.88. The number of nitrogens with one attached hydrogen (secondary N) is 1. The van der Waals surface area contributed by atoms with Crippen molar-refractivity contribution >= 4 is 34.1 Å². The minimum Gasteiger partial charge on any atom is -0.360 e. The Bertz CT molecular complexity index is 500. The maximum Gasteiger partial charge on any atom is 0.235 e. The van der Waals surface area contributed by atoms with Gasteiger partial charge in [0.05, 0.1) is 5.25 Å². The van der Waals surface area contributed by atoms with E-state index in [1.54, 1.807) is 0 Å². The average Bonchev–Trinajstić information content (AvgIpc) is 2.99. The summed E-state index contributed by atoms with van der Waals surface area (Å²) >= 11 is 3.03. The van der Waals surface area contributed by atoms with Crippen molar-refractivity contribution in [3.63, 3.8) is 0 Å². The largest absolute Gasteiger partial charge is 0.360 e. The molecule has 23 heavy (non-hydrogen) atoms. The molecule has 1 fully saturated rings. The van der Waals surface area contributed by atoms with Gasteiger partial charge >= 0.3 is 0 Å². The molecule has 1 aromatic rings. The Morgan fingerprint density at radius 3 is 2.57 bits per heavy atom. The molecule has 0 aromatic carbocycles. The smallest absolute Gasteiger partial charge is 0.235 e. The van der Waals surface area contributed by atoms with Gasteiger partial charge in [-0.2, -0.15) is 0 Å². The Labute approximate surface area is 147 Å². The summed E-state index contributed by atoms with van der Waals surface area (Å²) in [6.07, 6.45) is 0. The number of amides is 1. The Balaban J connectivity index is 1.81. The average molecular weight is 358 g/mol. The second-order valence-electron chi connectivity index (χ2n) is 6.17. The molecule has 0 radical (unpaired) electrons. The maximum absolute atomic E-state index is 12.5. The van der Waals surface area contributed by atoms with E-state index < -0.39 is 0 Å². The van der Waals surface area contributed by atoms with Gasteiger partial charge in [0.2, 0.25) is 11.0 Å². The fraction of sp³-hybridized carbons (Fsp3) is 0.800. The van der Waals surface area contributed by atoms with Gasteiger partial charge in [-0.3, -0.25) is 4.79 Å². The van der Waals surface area contributed by atoms with Crippen LogP contribution in [0.1, 0.15) is 27.7 Å². The topological polar surface area (TPSA) is 61.4 Å². The molecule has 2 heterocycles. The summed E-state index contributed by atoms with van der Waals surface area (Å²) in [7, 11) is 0. The van der Waals surface area contributed by atoms with Crippen molar-refractivity contribution in [2.24, 2.45) is 5.92 Å². The van der Waals surface area contributed by atoms with Crippen LogP contribution >= 0.6 is 23.1 Å². The minimum atomic E-state index is -0.117. The molecule has 1 amide bonds. The summed E-state index contributed by atoms with van der Waals surface area (Å²) in [6, 6.07) is 0. The highest BCUT2D eigenvalue weighted by Gasteiger charge is 2.25. The fourth-order valence-corrected chi connectivity index (χ4v) is 4.35. The highest BCUT2D eigenvalue weighted by molar-refractivity contribution is 8.02. The summed E-state index contributed by atoms with van der Waals surface area (Å²) in [5.41, 5.74) is 0. The molecule has 6 nitrogen and oxygen atoms in total. The van der Waals surface area contributed by atoms with Crippen LogP contribution < -0.4 is 5.32 Å². The van der Waals surface area contributed by atoms with E-state index in [0.29, 0.717) is 5.92 Å². The van der Waals surface area contributed by atoms with Crippen molar-refractivity contribution in [1.29, 1.82) is 0 Å². The molecule has 130 valence electrons. The first-order chi connectivity index (χ1) is 11.0. The predicted octanol–water partition coefficient (Wildman–Crippen LogP) is 2.25. The lowest BCUT2D eigenvalue weighted by Gasteiger charge is -2.35. The van der Waals surface area contributed by atoms with Gasteiger partial charge in [-0.1, -0.05) is 43.9 Å². The Kier molecular flexibility index (Phi) is 7.10. The van der Waals surface area contributed by atoms with Crippen LogP contribution in [0.3, 0.4) is 0 Å². The quantitative estimate of drug-likeness (QED) is 0.755. The summed E-state index contributed by atoms with van der Waals surface area (Å²) < 4.78 is 0.851. The zero-order valence-electron chi connectivity index (χ0n) is 14.4. The molecular formula is C15H27N5OS2. The van der Waals surface area contributed by atoms with Crippen molar-refractivity contribution in [1.82, 2.24) is 20.0 Å². The van der Waals surface area contributed by atoms with Crippen LogP contribution in [0, 0.1) is 5.92 Å². The van der Waals surface area contributed by atoms with Gasteiger partial charge in [0, 0.05) is 32.7 Å². The zero-order chi connectivity index (χ0) is 16.8. The maximum atomic E-state index is 12.5. The van der Waals surface area contributed by atoms with E-state index in [9.17, 15) is 4.79 Å². The number of rotatable bonds is 7. The van der Waals surface area contributed by atoms with Gasteiger partial charge < -0.3 is 15.1 Å². The monoisotopic (exact) mass is 357 g/mol. The van der Waals surface area contributed by atoms with Gasteiger partial charge in [-0.15, -0.1) is 10.2 Å². The van der Waals surface area contributed by atoms with Crippen LogP contribution in [0.25, 0.3) is 0 Å². The minimum absolute atomic E-state index is 0.117. The van der Waals surface area contributed by atoms with Gasteiger partial charge in [0.1, 0.15) is 0 Å². The summed E-state index contributed by atoms with van der Waals surface area (Å²) in [4.78, 5) is 16.9. The van der Waals surface area contributed by atoms with Crippen molar-refractivity contribution in [3.05, 3.63) is 0 Å². The second kappa shape index (κ2) is 8.84. The molecule has 8 heteroatoms. The van der Waals surface area contributed by atoms with E-state index in [4.69, 9.17) is 0 Å². The van der Waals surface area contributed by atoms with Crippen molar-refractivity contribution < 1.29 is 4.79 Å². The van der Waals surface area contributed by atoms with Crippen molar-refractivity contribution in [2.45, 2.75) is 37.3 Å². The fourth-order valence-electron chi connectivity index (χ4n) is 2.36. The molecule has 1 unspecified atom stereocenters. The number of carbonyl (C=O) groups is 1. The first kappa shape index (κ1) is 18.5. The lowest BCUT2D eigenvalue weighted by molar-refractivity contribution is -0.132. The molecule has 1 N–H and O–H groups in total. The van der Waals surface area contributed by atoms with Crippen LogP contribution in [0.4, 0.5) is 5.13 Å². The Hall–Kier alpha value is -0.860. The van der Waals surface area contributed by atoms with E-state index in [2.05, 4.69) is 41.2 Å². The molecule has 2 rings (SSSR count). The number of hydrogen-bond acceptors (Lipinski definition) is 7. The molecule has 1 aromatic heterocycles. The van der Waals surface area contributed by atoms with E-state index in [0.717, 1.165) is 48.7 Å². The summed E-state index contributed by atoms with van der Waals surface area (Å²) in [5.74, 6) is 0.773. The Morgan fingerprint density at radius 1 is 1.26 bits per heavy atom. The van der Waals surface area contributed by atoms with Crippen molar-refractivity contribution in [3.8, 4) is 0 Å². The summed E-state index contributed by atoms with van der Waals surface area (Å²) in [5, 5.41) is 12.3.